The van der Waals surface area contributed by atoms with Crippen LogP contribution in [-0.2, 0) is 0 Å². The number of para-hydroxylation sites is 1. The van der Waals surface area contributed by atoms with Crippen LogP contribution in [0.2, 0.25) is 0 Å². The number of fused-ring (bicyclic) bond motifs is 1. The lowest BCUT2D eigenvalue weighted by molar-refractivity contribution is -0.287. The Hall–Kier alpha value is -1.07. The van der Waals surface area contributed by atoms with Gasteiger partial charge in [-0.15, -0.1) is 21.2 Å². The van der Waals surface area contributed by atoms with Gasteiger partial charge in [-0.1, -0.05) is 12.1 Å². The number of ether oxygens (including phenoxy) is 2. The lowest BCUT2D eigenvalue weighted by Crippen LogP contribution is -2.35. The lowest BCUT2D eigenvalue weighted by atomic mass is 9.97. The van der Waals surface area contributed by atoms with E-state index >= 15 is 0 Å². The Bertz CT molecular complexity index is 410. The summed E-state index contributed by atoms with van der Waals surface area (Å²) in [7, 11) is 0. The van der Waals surface area contributed by atoms with Crippen LogP contribution in [0, 0.1) is 0 Å². The molecule has 1 fully saturated rings. The number of halogens is 3. The predicted molar refractivity (Wildman–Crippen MR) is 55.3 cm³/mol. The molecule has 88 valence electrons. The molecular formula is C10H10ClF2NO2. The second kappa shape index (κ2) is 3.75. The molecule has 1 N–H and O–H groups in total. The van der Waals surface area contributed by atoms with Gasteiger partial charge in [0.05, 0.1) is 0 Å². The predicted octanol–water partition coefficient (Wildman–Crippen LogP) is 2.46. The van der Waals surface area contributed by atoms with Crippen LogP contribution in [0.25, 0.3) is 0 Å². The van der Waals surface area contributed by atoms with Crippen LogP contribution in [0.4, 0.5) is 8.78 Å². The molecule has 3 rings (SSSR count). The highest BCUT2D eigenvalue weighted by atomic mass is 35.5. The van der Waals surface area contributed by atoms with E-state index in [-0.39, 0.29) is 29.9 Å². The van der Waals surface area contributed by atoms with E-state index in [0.29, 0.717) is 0 Å². The maximum absolute atomic E-state index is 12.8. The molecule has 16 heavy (non-hydrogen) atoms. The monoisotopic (exact) mass is 249 g/mol. The van der Waals surface area contributed by atoms with Crippen molar-refractivity contribution >= 4 is 12.4 Å². The standard InChI is InChI=1S/C10H9F2NO2.ClH/c11-10(12)14-8-3-1-2-6(9(8)15-10)7-4-5-13-7;/h1-3,7,13H,4-5H2;1H/t7-;/m1./s1. The minimum atomic E-state index is -3.53. The van der Waals surface area contributed by atoms with Crippen molar-refractivity contribution in [3.63, 3.8) is 0 Å². The summed E-state index contributed by atoms with van der Waals surface area (Å²) in [6, 6.07) is 5.06. The number of rotatable bonds is 1. The largest absolute Gasteiger partial charge is 0.586 e. The first-order valence-electron chi connectivity index (χ1n) is 4.78. The van der Waals surface area contributed by atoms with Crippen molar-refractivity contribution in [1.29, 1.82) is 0 Å². The Morgan fingerprint density at radius 1 is 1.31 bits per heavy atom. The Balaban J connectivity index is 0.000000963. The minimum Gasteiger partial charge on any atom is -0.395 e. The van der Waals surface area contributed by atoms with Gasteiger partial charge in [0.2, 0.25) is 0 Å². The first-order valence-corrected chi connectivity index (χ1v) is 4.78. The summed E-state index contributed by atoms with van der Waals surface area (Å²) in [5.74, 6) is 0.283. The Morgan fingerprint density at radius 3 is 2.69 bits per heavy atom. The maximum atomic E-state index is 12.8. The van der Waals surface area contributed by atoms with Crippen LogP contribution in [0.5, 0.6) is 11.5 Å². The first-order chi connectivity index (χ1) is 7.16. The number of nitrogens with one attached hydrogen (secondary N) is 1. The van der Waals surface area contributed by atoms with Crippen LogP contribution < -0.4 is 14.8 Å². The fourth-order valence-electron chi connectivity index (χ4n) is 1.82. The zero-order valence-electron chi connectivity index (χ0n) is 8.20. The molecule has 6 heteroatoms. The molecule has 0 aliphatic carbocycles. The summed E-state index contributed by atoms with van der Waals surface area (Å²) in [4.78, 5) is 0. The molecule has 0 bridgehead atoms. The fraction of sp³-hybridized carbons (Fsp3) is 0.400. The number of hydrogen-bond donors (Lipinski definition) is 1. The normalized spacial score (nSPS) is 24.5. The summed E-state index contributed by atoms with van der Waals surface area (Å²) in [5, 5.41) is 3.14. The van der Waals surface area contributed by atoms with Gasteiger partial charge in [0, 0.05) is 11.6 Å². The topological polar surface area (TPSA) is 30.5 Å². The third kappa shape index (κ3) is 1.70. The average molecular weight is 250 g/mol. The molecule has 1 aromatic rings. The zero-order valence-corrected chi connectivity index (χ0v) is 9.02. The summed E-state index contributed by atoms with van der Waals surface area (Å²) in [5.41, 5.74) is 0.746. The second-order valence-electron chi connectivity index (χ2n) is 3.64. The SMILES string of the molecule is Cl.FC1(F)Oc2cccc([C@H]3CCN3)c2O1. The van der Waals surface area contributed by atoms with E-state index in [1.54, 1.807) is 12.1 Å². The molecule has 0 spiro atoms. The molecule has 2 aliphatic rings. The highest BCUT2D eigenvalue weighted by Gasteiger charge is 2.45. The molecule has 1 aromatic carbocycles. The van der Waals surface area contributed by atoms with Gasteiger partial charge < -0.3 is 14.8 Å². The van der Waals surface area contributed by atoms with Gasteiger partial charge in [0.1, 0.15) is 0 Å². The van der Waals surface area contributed by atoms with E-state index in [1.807, 2.05) is 0 Å². The number of benzene rings is 1. The highest BCUT2D eigenvalue weighted by Crippen LogP contribution is 2.46. The Kier molecular flexibility index (Phi) is 2.67. The molecule has 1 saturated heterocycles. The van der Waals surface area contributed by atoms with Crippen molar-refractivity contribution < 1.29 is 18.3 Å². The van der Waals surface area contributed by atoms with Crippen molar-refractivity contribution in [1.82, 2.24) is 5.32 Å². The van der Waals surface area contributed by atoms with E-state index in [2.05, 4.69) is 14.8 Å². The number of hydrogen-bond acceptors (Lipinski definition) is 3. The lowest BCUT2D eigenvalue weighted by Gasteiger charge is -2.28. The quantitative estimate of drug-likeness (QED) is 0.829. The van der Waals surface area contributed by atoms with Gasteiger partial charge in [0.15, 0.2) is 11.5 Å². The Labute approximate surface area is 97.1 Å². The molecule has 0 saturated carbocycles. The second-order valence-corrected chi connectivity index (χ2v) is 3.64. The molecule has 0 aromatic heterocycles. The fourth-order valence-corrected chi connectivity index (χ4v) is 1.82. The zero-order chi connectivity index (χ0) is 10.5. The molecule has 3 nitrogen and oxygen atoms in total. The first kappa shape index (κ1) is 11.4. The van der Waals surface area contributed by atoms with E-state index in [4.69, 9.17) is 0 Å². The summed E-state index contributed by atoms with van der Waals surface area (Å²) in [6.45, 7) is 0.908. The van der Waals surface area contributed by atoms with Gasteiger partial charge in [-0.3, -0.25) is 0 Å². The smallest absolute Gasteiger partial charge is 0.395 e. The third-order valence-electron chi connectivity index (χ3n) is 2.66. The minimum absolute atomic E-state index is 0. The molecule has 2 heterocycles. The third-order valence-corrected chi connectivity index (χ3v) is 2.66. The van der Waals surface area contributed by atoms with E-state index < -0.39 is 6.29 Å². The highest BCUT2D eigenvalue weighted by molar-refractivity contribution is 5.85. The van der Waals surface area contributed by atoms with Crippen molar-refractivity contribution in [2.75, 3.05) is 6.54 Å². The van der Waals surface area contributed by atoms with Crippen molar-refractivity contribution in [2.45, 2.75) is 18.8 Å². The van der Waals surface area contributed by atoms with E-state index in [0.717, 1.165) is 18.5 Å². The van der Waals surface area contributed by atoms with Crippen LogP contribution in [-0.4, -0.2) is 12.8 Å². The van der Waals surface area contributed by atoms with Crippen molar-refractivity contribution in [3.05, 3.63) is 23.8 Å². The van der Waals surface area contributed by atoms with Crippen LogP contribution in [0.15, 0.2) is 18.2 Å². The molecule has 2 aliphatic heterocycles. The summed E-state index contributed by atoms with van der Waals surface area (Å²) < 4.78 is 34.5. The van der Waals surface area contributed by atoms with E-state index in [1.165, 1.54) is 6.07 Å². The number of alkyl halides is 2. The van der Waals surface area contributed by atoms with E-state index in [9.17, 15) is 8.78 Å². The van der Waals surface area contributed by atoms with Gasteiger partial charge in [-0.2, -0.15) is 0 Å². The summed E-state index contributed by atoms with van der Waals surface area (Å²) >= 11 is 0. The molecule has 0 unspecified atom stereocenters. The van der Waals surface area contributed by atoms with Gasteiger partial charge in [-0.25, -0.2) is 0 Å². The van der Waals surface area contributed by atoms with Gasteiger partial charge >= 0.3 is 6.29 Å². The molecule has 1 atom stereocenters. The van der Waals surface area contributed by atoms with Crippen molar-refractivity contribution in [2.24, 2.45) is 0 Å². The maximum Gasteiger partial charge on any atom is 0.586 e. The molecule has 0 radical (unpaired) electrons. The Morgan fingerprint density at radius 2 is 2.06 bits per heavy atom. The summed E-state index contributed by atoms with van der Waals surface area (Å²) in [6.07, 6.45) is -2.59. The van der Waals surface area contributed by atoms with Crippen LogP contribution >= 0.6 is 12.4 Å². The molecule has 0 amide bonds. The van der Waals surface area contributed by atoms with Crippen molar-refractivity contribution in [3.8, 4) is 11.5 Å². The van der Waals surface area contributed by atoms with Crippen LogP contribution in [0.1, 0.15) is 18.0 Å². The average Bonchev–Trinajstić information content (AvgIpc) is 2.37. The molecular weight excluding hydrogens is 240 g/mol. The van der Waals surface area contributed by atoms with Gasteiger partial charge in [0.25, 0.3) is 0 Å². The van der Waals surface area contributed by atoms with Crippen LogP contribution in [0.3, 0.4) is 0 Å². The van der Waals surface area contributed by atoms with Gasteiger partial charge in [-0.05, 0) is 19.0 Å².